The van der Waals surface area contributed by atoms with Crippen LogP contribution >= 0.6 is 0 Å². The van der Waals surface area contributed by atoms with E-state index in [2.05, 4.69) is 35.7 Å². The molecule has 0 radical (unpaired) electrons. The Morgan fingerprint density at radius 2 is 2.06 bits per heavy atom. The van der Waals surface area contributed by atoms with Crippen molar-refractivity contribution in [2.75, 3.05) is 19.6 Å². The van der Waals surface area contributed by atoms with Gasteiger partial charge in [-0.1, -0.05) is 36.9 Å². The van der Waals surface area contributed by atoms with E-state index in [-0.39, 0.29) is 0 Å². The number of nitrogens with zero attached hydrogens (tertiary/aromatic N) is 1. The van der Waals surface area contributed by atoms with Gasteiger partial charge in [-0.15, -0.1) is 0 Å². The smallest absolute Gasteiger partial charge is 0.00156 e. The highest BCUT2D eigenvalue weighted by Crippen LogP contribution is 2.11. The van der Waals surface area contributed by atoms with Crippen LogP contribution in [0.5, 0.6) is 0 Å². The third-order valence-electron chi connectivity index (χ3n) is 3.33. The van der Waals surface area contributed by atoms with Crippen LogP contribution in [-0.4, -0.2) is 24.5 Å². The van der Waals surface area contributed by atoms with Crippen molar-refractivity contribution in [1.82, 2.24) is 4.90 Å². The Kier molecular flexibility index (Phi) is 4.17. The molecule has 1 fully saturated rings. The first-order valence-electron chi connectivity index (χ1n) is 6.32. The first-order chi connectivity index (χ1) is 7.88. The van der Waals surface area contributed by atoms with Crippen LogP contribution in [-0.2, 0) is 6.42 Å². The van der Waals surface area contributed by atoms with Gasteiger partial charge in [0.15, 0.2) is 0 Å². The minimum absolute atomic E-state index is 1.19. The van der Waals surface area contributed by atoms with E-state index in [1.807, 2.05) is 6.08 Å². The van der Waals surface area contributed by atoms with E-state index in [4.69, 9.17) is 0 Å². The monoisotopic (exact) mass is 215 g/mol. The van der Waals surface area contributed by atoms with Crippen LogP contribution in [0.15, 0.2) is 30.8 Å². The molecule has 1 aromatic rings. The van der Waals surface area contributed by atoms with E-state index < -0.39 is 0 Å². The summed E-state index contributed by atoms with van der Waals surface area (Å²) in [6.07, 6.45) is 7.18. The summed E-state index contributed by atoms with van der Waals surface area (Å²) in [5.74, 6) is 0. The van der Waals surface area contributed by atoms with Gasteiger partial charge in [0.1, 0.15) is 0 Å². The predicted molar refractivity (Wildman–Crippen MR) is 70.5 cm³/mol. The Labute approximate surface area is 98.8 Å². The molecule has 2 rings (SSSR count). The highest BCUT2D eigenvalue weighted by atomic mass is 15.1. The van der Waals surface area contributed by atoms with Crippen LogP contribution in [0.4, 0.5) is 0 Å². The van der Waals surface area contributed by atoms with E-state index >= 15 is 0 Å². The SMILES string of the molecule is C=Cc1cccc(CCCN2CCCC2)c1. The molecule has 0 saturated carbocycles. The van der Waals surface area contributed by atoms with Gasteiger partial charge in [-0.3, -0.25) is 0 Å². The molecule has 0 N–H and O–H groups in total. The molecule has 0 amide bonds. The fourth-order valence-corrected chi connectivity index (χ4v) is 2.39. The Hall–Kier alpha value is -1.08. The standard InChI is InChI=1S/C15H21N/c1-2-14-7-5-8-15(13-14)9-6-12-16-10-3-4-11-16/h2,5,7-8,13H,1,3-4,6,9-12H2. The van der Waals surface area contributed by atoms with Crippen LogP contribution < -0.4 is 0 Å². The number of aryl methyl sites for hydroxylation is 1. The van der Waals surface area contributed by atoms with Crippen molar-refractivity contribution >= 4 is 6.08 Å². The third-order valence-corrected chi connectivity index (χ3v) is 3.33. The van der Waals surface area contributed by atoms with Crippen LogP contribution in [0.3, 0.4) is 0 Å². The predicted octanol–water partition coefficient (Wildman–Crippen LogP) is 3.36. The summed E-state index contributed by atoms with van der Waals surface area (Å²) in [5, 5.41) is 0. The van der Waals surface area contributed by atoms with Gasteiger partial charge in [-0.05, 0) is 56.4 Å². The molecule has 16 heavy (non-hydrogen) atoms. The van der Waals surface area contributed by atoms with Crippen molar-refractivity contribution in [3.8, 4) is 0 Å². The Morgan fingerprint density at radius 1 is 1.25 bits per heavy atom. The second kappa shape index (κ2) is 5.86. The van der Waals surface area contributed by atoms with E-state index in [1.54, 1.807) is 0 Å². The van der Waals surface area contributed by atoms with E-state index in [9.17, 15) is 0 Å². The number of benzene rings is 1. The summed E-state index contributed by atoms with van der Waals surface area (Å²) in [5.41, 5.74) is 2.68. The molecule has 0 spiro atoms. The number of hydrogen-bond acceptors (Lipinski definition) is 1. The summed E-state index contributed by atoms with van der Waals surface area (Å²) in [6, 6.07) is 8.70. The summed E-state index contributed by atoms with van der Waals surface area (Å²) < 4.78 is 0. The number of hydrogen-bond donors (Lipinski definition) is 0. The number of rotatable bonds is 5. The van der Waals surface area contributed by atoms with Gasteiger partial charge in [-0.2, -0.15) is 0 Å². The van der Waals surface area contributed by atoms with Gasteiger partial charge < -0.3 is 4.90 Å². The molecule has 0 aromatic heterocycles. The van der Waals surface area contributed by atoms with Crippen molar-refractivity contribution < 1.29 is 0 Å². The lowest BCUT2D eigenvalue weighted by molar-refractivity contribution is 0.334. The zero-order valence-electron chi connectivity index (χ0n) is 9.99. The Bertz CT molecular complexity index is 337. The second-order valence-corrected chi connectivity index (χ2v) is 4.60. The second-order valence-electron chi connectivity index (χ2n) is 4.60. The summed E-state index contributed by atoms with van der Waals surface area (Å²) in [7, 11) is 0. The van der Waals surface area contributed by atoms with Crippen molar-refractivity contribution in [1.29, 1.82) is 0 Å². The Balaban J connectivity index is 1.77. The van der Waals surface area contributed by atoms with Crippen molar-refractivity contribution in [3.63, 3.8) is 0 Å². The van der Waals surface area contributed by atoms with Crippen molar-refractivity contribution in [3.05, 3.63) is 42.0 Å². The normalized spacial score (nSPS) is 16.5. The van der Waals surface area contributed by atoms with Crippen LogP contribution in [0.2, 0.25) is 0 Å². The zero-order valence-corrected chi connectivity index (χ0v) is 9.99. The van der Waals surface area contributed by atoms with Gasteiger partial charge in [0.25, 0.3) is 0 Å². The third kappa shape index (κ3) is 3.21. The average Bonchev–Trinajstić information content (AvgIpc) is 2.82. The highest BCUT2D eigenvalue weighted by Gasteiger charge is 2.10. The maximum Gasteiger partial charge on any atom is -0.00156 e. The summed E-state index contributed by atoms with van der Waals surface area (Å²) in [4.78, 5) is 2.58. The maximum atomic E-state index is 3.81. The van der Waals surface area contributed by atoms with Gasteiger partial charge in [0.05, 0.1) is 0 Å². The van der Waals surface area contributed by atoms with Gasteiger partial charge in [0.2, 0.25) is 0 Å². The summed E-state index contributed by atoms with van der Waals surface area (Å²) >= 11 is 0. The minimum Gasteiger partial charge on any atom is -0.303 e. The fourth-order valence-electron chi connectivity index (χ4n) is 2.39. The lowest BCUT2D eigenvalue weighted by Gasteiger charge is -2.13. The largest absolute Gasteiger partial charge is 0.303 e. The van der Waals surface area contributed by atoms with Crippen LogP contribution in [0, 0.1) is 0 Å². The molecular weight excluding hydrogens is 194 g/mol. The highest BCUT2D eigenvalue weighted by molar-refractivity contribution is 5.47. The van der Waals surface area contributed by atoms with E-state index in [1.165, 1.54) is 56.4 Å². The van der Waals surface area contributed by atoms with Gasteiger partial charge in [-0.25, -0.2) is 0 Å². The maximum absolute atomic E-state index is 3.81. The van der Waals surface area contributed by atoms with Gasteiger partial charge in [0, 0.05) is 0 Å². The lowest BCUT2D eigenvalue weighted by Crippen LogP contribution is -2.20. The molecule has 1 nitrogen and oxygen atoms in total. The minimum atomic E-state index is 1.19. The van der Waals surface area contributed by atoms with Crippen molar-refractivity contribution in [2.45, 2.75) is 25.7 Å². The zero-order chi connectivity index (χ0) is 11.2. The number of likely N-dealkylation sites (tertiary alicyclic amines) is 1. The van der Waals surface area contributed by atoms with Crippen LogP contribution in [0.25, 0.3) is 6.08 Å². The molecule has 1 aromatic carbocycles. The topological polar surface area (TPSA) is 3.24 Å². The molecule has 0 unspecified atom stereocenters. The summed E-state index contributed by atoms with van der Waals surface area (Å²) in [6.45, 7) is 7.69. The fraction of sp³-hybridized carbons (Fsp3) is 0.467. The first kappa shape index (κ1) is 11.4. The molecule has 1 heteroatoms. The first-order valence-corrected chi connectivity index (χ1v) is 6.32. The molecular formula is C15H21N. The van der Waals surface area contributed by atoms with E-state index in [0.717, 1.165) is 0 Å². The average molecular weight is 215 g/mol. The van der Waals surface area contributed by atoms with Gasteiger partial charge >= 0.3 is 0 Å². The molecule has 0 atom stereocenters. The molecule has 0 aliphatic carbocycles. The molecule has 1 aliphatic rings. The molecule has 1 saturated heterocycles. The Morgan fingerprint density at radius 3 is 2.81 bits per heavy atom. The molecule has 1 heterocycles. The quantitative estimate of drug-likeness (QED) is 0.728. The molecule has 1 aliphatic heterocycles. The van der Waals surface area contributed by atoms with Crippen LogP contribution in [0.1, 0.15) is 30.4 Å². The van der Waals surface area contributed by atoms with Crippen molar-refractivity contribution in [2.24, 2.45) is 0 Å². The lowest BCUT2D eigenvalue weighted by atomic mass is 10.1. The molecule has 86 valence electrons. The molecule has 0 bridgehead atoms. The van der Waals surface area contributed by atoms with E-state index in [0.29, 0.717) is 0 Å².